The molecule has 0 radical (unpaired) electrons. The third-order valence-corrected chi connectivity index (χ3v) is 7.25. The molecule has 2 aromatic rings. The summed E-state index contributed by atoms with van der Waals surface area (Å²) in [5, 5.41) is 17.3. The summed E-state index contributed by atoms with van der Waals surface area (Å²) in [6.45, 7) is 8.70. The highest BCUT2D eigenvalue weighted by Crippen LogP contribution is 2.24. The summed E-state index contributed by atoms with van der Waals surface area (Å²) in [6, 6.07) is 8.42. The van der Waals surface area contributed by atoms with E-state index in [1.165, 1.54) is 31.0 Å². The van der Waals surface area contributed by atoms with Crippen LogP contribution < -0.4 is 16.1 Å². The predicted molar refractivity (Wildman–Crippen MR) is 151 cm³/mol. The molecule has 11 heteroatoms. The zero-order valence-corrected chi connectivity index (χ0v) is 23.3. The van der Waals surface area contributed by atoms with Crippen molar-refractivity contribution >= 4 is 40.7 Å². The van der Waals surface area contributed by atoms with Crippen LogP contribution in [0.4, 0.5) is 0 Å². The lowest BCUT2D eigenvalue weighted by molar-refractivity contribution is -0.157. The van der Waals surface area contributed by atoms with Crippen LogP contribution in [0.2, 0.25) is 0 Å². The summed E-state index contributed by atoms with van der Waals surface area (Å²) in [5.41, 5.74) is 3.23. The van der Waals surface area contributed by atoms with Crippen LogP contribution in [0.3, 0.4) is 0 Å². The normalized spacial score (nSPS) is 28.7. The topological polar surface area (TPSA) is 154 Å². The quantitative estimate of drug-likeness (QED) is 0.375. The second-order valence-electron chi connectivity index (χ2n) is 10.5. The zero-order chi connectivity index (χ0) is 29.7. The Morgan fingerprint density at radius 2 is 1.95 bits per heavy atom. The minimum Gasteiger partial charge on any atom is -0.455 e. The van der Waals surface area contributed by atoms with Gasteiger partial charge in [-0.25, -0.2) is 10.4 Å². The maximum absolute atomic E-state index is 13.2. The lowest BCUT2D eigenvalue weighted by Gasteiger charge is -2.35. The highest BCUT2D eigenvalue weighted by atomic mass is 16.5. The molecule has 4 rings (SSSR count). The molecule has 11 nitrogen and oxygen atoms in total. The number of esters is 1. The summed E-state index contributed by atoms with van der Waals surface area (Å²) in [5.74, 6) is -2.24. The Morgan fingerprint density at radius 1 is 1.20 bits per heavy atom. The molecule has 1 aromatic heterocycles. The van der Waals surface area contributed by atoms with Crippen molar-refractivity contribution in [2.45, 2.75) is 64.3 Å². The molecule has 1 saturated heterocycles. The Morgan fingerprint density at radius 3 is 2.68 bits per heavy atom. The first-order chi connectivity index (χ1) is 19.5. The minimum atomic E-state index is -1.60. The molecule has 1 aromatic carbocycles. The van der Waals surface area contributed by atoms with Crippen LogP contribution in [0.1, 0.15) is 57.4 Å². The number of carbonyl (C=O) groups is 4. The van der Waals surface area contributed by atoms with Gasteiger partial charge in [-0.1, -0.05) is 36.4 Å². The van der Waals surface area contributed by atoms with Gasteiger partial charge in [-0.2, -0.15) is 5.26 Å². The van der Waals surface area contributed by atoms with E-state index < -0.39 is 53.3 Å². The average molecular weight is 559 g/mol. The fourth-order valence-electron chi connectivity index (χ4n) is 4.65. The summed E-state index contributed by atoms with van der Waals surface area (Å²) in [6.07, 6.45) is 5.04. The Kier molecular flexibility index (Phi) is 8.83. The molecule has 0 aliphatic carbocycles. The van der Waals surface area contributed by atoms with E-state index in [9.17, 15) is 24.4 Å². The Balaban J connectivity index is 1.72. The van der Waals surface area contributed by atoms with Crippen molar-refractivity contribution in [1.82, 2.24) is 26.1 Å². The fourth-order valence-corrected chi connectivity index (χ4v) is 4.65. The second-order valence-corrected chi connectivity index (χ2v) is 10.5. The molecule has 41 heavy (non-hydrogen) atoms. The van der Waals surface area contributed by atoms with Crippen molar-refractivity contribution < 1.29 is 23.9 Å². The number of pyridine rings is 1. The van der Waals surface area contributed by atoms with Crippen LogP contribution in [0, 0.1) is 16.7 Å². The molecule has 0 saturated carbocycles. The number of fused-ring (bicyclic) bond motifs is 4. The molecule has 5 bridgehead atoms. The Bertz CT molecular complexity index is 1450. The third kappa shape index (κ3) is 6.61. The summed E-state index contributed by atoms with van der Waals surface area (Å²) >= 11 is 0. The maximum Gasteiger partial charge on any atom is 0.325 e. The maximum atomic E-state index is 13.2. The number of carbonyl (C=O) groups excluding carboxylic acids is 4. The van der Waals surface area contributed by atoms with Gasteiger partial charge in [0.2, 0.25) is 11.8 Å². The highest BCUT2D eigenvalue weighted by molar-refractivity contribution is 5.95. The Hall–Kier alpha value is -4.56. The van der Waals surface area contributed by atoms with Crippen LogP contribution in [-0.4, -0.2) is 58.4 Å². The van der Waals surface area contributed by atoms with E-state index in [4.69, 9.17) is 4.74 Å². The van der Waals surface area contributed by atoms with Gasteiger partial charge in [-0.05, 0) is 57.7 Å². The van der Waals surface area contributed by atoms with E-state index >= 15 is 0 Å². The predicted octanol–water partition coefficient (Wildman–Crippen LogP) is 2.46. The van der Waals surface area contributed by atoms with Crippen molar-refractivity contribution in [2.24, 2.45) is 5.41 Å². The number of nitrogens with zero attached hydrogens (tertiary/aromatic N) is 3. The van der Waals surface area contributed by atoms with E-state index in [0.717, 1.165) is 5.39 Å². The van der Waals surface area contributed by atoms with E-state index in [2.05, 4.69) is 27.6 Å². The number of cyclic esters (lactones) is 1. The molecule has 2 aliphatic rings. The summed E-state index contributed by atoms with van der Waals surface area (Å²) < 4.78 is 5.72. The first kappa shape index (κ1) is 29.4. The number of nitriles is 1. The standard InChI is InChI=1S/C30H34N6O5/c1-5-7-23-26(37)32-18(2)27(38)36-15-6-8-24(35-36)28(39)41-19(3)22-12-11-21-10-9-20(16-25(21)33-22)13-14-30(4,17-31)29(40)34-23/h5,9-14,16,18-19,23-24,35H,1,6-8,15H2,2-4H3,(H,32,37)(H,34,40)/b14-13+/t18-,19+,23-,24-,30?/m0/s1. The fraction of sp³-hybridized carbons (Fsp3) is 0.400. The molecule has 3 heterocycles. The van der Waals surface area contributed by atoms with Gasteiger partial charge in [-0.3, -0.25) is 24.2 Å². The smallest absolute Gasteiger partial charge is 0.325 e. The minimum absolute atomic E-state index is 0.0798. The van der Waals surface area contributed by atoms with Crippen molar-refractivity contribution in [3.05, 3.63) is 60.3 Å². The van der Waals surface area contributed by atoms with Crippen molar-refractivity contribution in [3.8, 4) is 6.07 Å². The number of rotatable bonds is 2. The van der Waals surface area contributed by atoms with Crippen LogP contribution in [-0.2, 0) is 23.9 Å². The number of aromatic nitrogens is 1. The van der Waals surface area contributed by atoms with Crippen molar-refractivity contribution in [3.63, 3.8) is 0 Å². The van der Waals surface area contributed by atoms with Gasteiger partial charge in [0.1, 0.15) is 24.2 Å². The number of amides is 3. The molecular formula is C30H34N6O5. The first-order valence-corrected chi connectivity index (χ1v) is 13.6. The number of nitrogens with one attached hydrogen (secondary N) is 3. The first-order valence-electron chi connectivity index (χ1n) is 13.6. The molecule has 5 atom stereocenters. The zero-order valence-electron chi connectivity index (χ0n) is 23.3. The number of hydrogen-bond acceptors (Lipinski definition) is 8. The largest absolute Gasteiger partial charge is 0.455 e. The van der Waals surface area contributed by atoms with Crippen LogP contribution in [0.25, 0.3) is 17.0 Å². The van der Waals surface area contributed by atoms with E-state index in [0.29, 0.717) is 36.2 Å². The average Bonchev–Trinajstić information content (AvgIpc) is 2.98. The van der Waals surface area contributed by atoms with Crippen LogP contribution in [0.15, 0.2) is 49.1 Å². The van der Waals surface area contributed by atoms with Gasteiger partial charge in [0.25, 0.3) is 5.91 Å². The number of hydrogen-bond donors (Lipinski definition) is 3. The van der Waals surface area contributed by atoms with Gasteiger partial charge >= 0.3 is 5.97 Å². The van der Waals surface area contributed by atoms with Gasteiger partial charge in [0, 0.05) is 11.9 Å². The van der Waals surface area contributed by atoms with E-state index in [1.54, 1.807) is 19.1 Å². The monoisotopic (exact) mass is 558 g/mol. The molecular weight excluding hydrogens is 524 g/mol. The van der Waals surface area contributed by atoms with Crippen LogP contribution in [0.5, 0.6) is 0 Å². The summed E-state index contributed by atoms with van der Waals surface area (Å²) in [7, 11) is 0. The lowest BCUT2D eigenvalue weighted by atomic mass is 9.89. The van der Waals surface area contributed by atoms with Crippen molar-refractivity contribution in [2.75, 3.05) is 6.54 Å². The van der Waals surface area contributed by atoms with Gasteiger partial charge < -0.3 is 15.4 Å². The van der Waals surface area contributed by atoms with Crippen LogP contribution >= 0.6 is 0 Å². The molecule has 3 N–H and O–H groups in total. The third-order valence-electron chi connectivity index (χ3n) is 7.25. The lowest BCUT2D eigenvalue weighted by Crippen LogP contribution is -2.60. The highest BCUT2D eigenvalue weighted by Gasteiger charge is 2.36. The van der Waals surface area contributed by atoms with E-state index in [-0.39, 0.29) is 6.42 Å². The molecule has 214 valence electrons. The molecule has 0 spiro atoms. The summed E-state index contributed by atoms with van der Waals surface area (Å²) in [4.78, 5) is 57.2. The molecule has 1 unspecified atom stereocenters. The van der Waals surface area contributed by atoms with Gasteiger partial charge in [0.15, 0.2) is 5.41 Å². The number of benzene rings is 1. The Labute approximate surface area is 238 Å². The van der Waals surface area contributed by atoms with Gasteiger partial charge in [0.05, 0.1) is 17.3 Å². The number of hydrazine groups is 1. The van der Waals surface area contributed by atoms with Gasteiger partial charge in [-0.15, -0.1) is 6.58 Å². The molecule has 3 amide bonds. The second kappa shape index (κ2) is 12.3. The number of ether oxygens (including phenoxy) is 1. The van der Waals surface area contributed by atoms with Crippen molar-refractivity contribution in [1.29, 1.82) is 5.26 Å². The SMILES string of the molecule is C=CC[C@@H]1NC(=O)C(C)(C#N)/C=C/c2ccc3ccc(nc3c2)[C@@H](C)OC(=O)[C@@H]2CCCN(N2)C(=O)[C@H](C)NC1=O. The van der Waals surface area contributed by atoms with E-state index in [1.807, 2.05) is 30.3 Å². The molecule has 2 aliphatic heterocycles. The molecule has 1 fully saturated rings.